The quantitative estimate of drug-likeness (QED) is 0.677. The molecule has 32 heavy (non-hydrogen) atoms. The van der Waals surface area contributed by atoms with E-state index >= 15 is 0 Å². The van der Waals surface area contributed by atoms with Crippen molar-refractivity contribution in [1.29, 1.82) is 0 Å². The molecule has 0 fully saturated rings. The second-order valence-corrected chi connectivity index (χ2v) is 8.67. The van der Waals surface area contributed by atoms with Gasteiger partial charge in [-0.1, -0.05) is 18.5 Å². The second-order valence-electron chi connectivity index (χ2n) is 8.27. The average Bonchev–Trinajstić information content (AvgIpc) is 2.99. The van der Waals surface area contributed by atoms with Gasteiger partial charge in [-0.25, -0.2) is 13.6 Å². The summed E-state index contributed by atoms with van der Waals surface area (Å²) in [6.07, 6.45) is 0.484. The molecule has 2 N–H and O–H groups in total. The van der Waals surface area contributed by atoms with E-state index in [2.05, 4.69) is 10.4 Å². The van der Waals surface area contributed by atoms with Crippen molar-refractivity contribution in [2.45, 2.75) is 39.0 Å². The fraction of sp³-hybridized carbons (Fsp3) is 0.476. The Balaban J connectivity index is 1.60. The number of rotatable bonds is 3. The lowest BCUT2D eigenvalue weighted by atomic mass is 10.0. The van der Waals surface area contributed by atoms with Gasteiger partial charge < -0.3 is 15.3 Å². The molecule has 8 nitrogen and oxygen atoms in total. The second kappa shape index (κ2) is 8.76. The Kier molecular flexibility index (Phi) is 6.19. The molecule has 2 aromatic rings. The highest BCUT2D eigenvalue weighted by Crippen LogP contribution is 2.29. The summed E-state index contributed by atoms with van der Waals surface area (Å²) in [7, 11) is 1.91. The van der Waals surface area contributed by atoms with E-state index in [1.165, 1.54) is 0 Å². The van der Waals surface area contributed by atoms with E-state index in [4.69, 9.17) is 11.6 Å². The largest absolute Gasteiger partial charge is 0.393 e. The molecule has 1 aromatic carbocycles. The van der Waals surface area contributed by atoms with Crippen LogP contribution < -0.4 is 5.32 Å². The fourth-order valence-corrected chi connectivity index (χ4v) is 4.48. The van der Waals surface area contributed by atoms with E-state index in [0.717, 1.165) is 11.0 Å². The van der Waals surface area contributed by atoms with Crippen molar-refractivity contribution >= 4 is 29.2 Å². The molecule has 0 radical (unpaired) electrons. The number of nitrogens with zero attached hydrogens (tertiary/aromatic N) is 4. The van der Waals surface area contributed by atoms with Gasteiger partial charge in [0.2, 0.25) is 0 Å². The number of hydrogen-bond donors (Lipinski definition) is 2. The number of hydrogen-bond acceptors (Lipinski definition) is 5. The Morgan fingerprint density at radius 2 is 2.09 bits per heavy atom. The Bertz CT molecular complexity index is 1080. The van der Waals surface area contributed by atoms with Crippen LogP contribution in [0.5, 0.6) is 0 Å². The number of imide groups is 1. The van der Waals surface area contributed by atoms with Gasteiger partial charge in [0, 0.05) is 44.6 Å². The third-order valence-corrected chi connectivity index (χ3v) is 6.28. The standard InChI is InChI=1S/C21H24ClF2N5O3/c1-3-18(30)11-8-27(2)10-17-19-15(26-29(17)9-11)4-5-28(20(19)31)21(32)25-16-6-12(22)13(23)7-14(16)24/h6-7,11,18,30H,3-5,8-10H2,1-2H3,(H,25,32). The Morgan fingerprint density at radius 3 is 2.81 bits per heavy atom. The van der Waals surface area contributed by atoms with Crippen LogP contribution in [0.2, 0.25) is 5.02 Å². The molecule has 172 valence electrons. The zero-order chi connectivity index (χ0) is 23.2. The number of carbonyl (C=O) groups is 2. The van der Waals surface area contributed by atoms with Crippen molar-refractivity contribution in [3.8, 4) is 0 Å². The van der Waals surface area contributed by atoms with Crippen molar-refractivity contribution in [1.82, 2.24) is 19.6 Å². The van der Waals surface area contributed by atoms with Gasteiger partial charge in [-0.3, -0.25) is 14.4 Å². The molecule has 2 atom stereocenters. The van der Waals surface area contributed by atoms with Crippen molar-refractivity contribution in [2.24, 2.45) is 5.92 Å². The fourth-order valence-electron chi connectivity index (χ4n) is 4.31. The van der Waals surface area contributed by atoms with Gasteiger partial charge in [-0.05, 0) is 19.5 Å². The molecule has 0 saturated heterocycles. The molecular weight excluding hydrogens is 444 g/mol. The number of aromatic nitrogens is 2. The van der Waals surface area contributed by atoms with Crippen molar-refractivity contribution in [3.05, 3.63) is 45.7 Å². The van der Waals surface area contributed by atoms with E-state index in [1.807, 2.05) is 18.9 Å². The maximum absolute atomic E-state index is 14.0. The molecule has 11 heteroatoms. The molecule has 0 bridgehead atoms. The Morgan fingerprint density at radius 1 is 1.34 bits per heavy atom. The molecule has 2 aliphatic heterocycles. The number of aliphatic hydroxyl groups is 1. The van der Waals surface area contributed by atoms with E-state index in [-0.39, 0.29) is 23.2 Å². The first-order chi connectivity index (χ1) is 15.2. The average molecular weight is 468 g/mol. The van der Waals surface area contributed by atoms with Crippen LogP contribution in [0.15, 0.2) is 12.1 Å². The molecule has 2 unspecified atom stereocenters. The number of anilines is 1. The molecule has 3 amide bonds. The van der Waals surface area contributed by atoms with Crippen LogP contribution in [0.1, 0.15) is 35.1 Å². The summed E-state index contributed by atoms with van der Waals surface area (Å²) in [5, 5.41) is 16.9. The predicted octanol–water partition coefficient (Wildman–Crippen LogP) is 2.88. The number of benzene rings is 1. The predicted molar refractivity (Wildman–Crippen MR) is 113 cm³/mol. The summed E-state index contributed by atoms with van der Waals surface area (Å²) in [6, 6.07) is 0.704. The van der Waals surface area contributed by atoms with Crippen molar-refractivity contribution < 1.29 is 23.5 Å². The van der Waals surface area contributed by atoms with Gasteiger partial charge in [-0.15, -0.1) is 0 Å². The summed E-state index contributed by atoms with van der Waals surface area (Å²) in [4.78, 5) is 29.0. The highest BCUT2D eigenvalue weighted by molar-refractivity contribution is 6.31. The number of aliphatic hydroxyl groups excluding tert-OH is 1. The third-order valence-electron chi connectivity index (χ3n) is 5.99. The zero-order valence-electron chi connectivity index (χ0n) is 17.7. The number of halogens is 3. The monoisotopic (exact) mass is 467 g/mol. The Labute approximate surface area is 188 Å². The number of urea groups is 1. The van der Waals surface area contributed by atoms with Gasteiger partial charge in [-0.2, -0.15) is 5.10 Å². The molecule has 3 heterocycles. The summed E-state index contributed by atoms with van der Waals surface area (Å²) >= 11 is 5.68. The summed E-state index contributed by atoms with van der Waals surface area (Å²) in [6.45, 7) is 3.55. The maximum atomic E-state index is 14.0. The molecule has 0 saturated carbocycles. The first-order valence-corrected chi connectivity index (χ1v) is 10.8. The molecule has 0 aliphatic carbocycles. The van der Waals surface area contributed by atoms with Crippen LogP contribution >= 0.6 is 11.6 Å². The first kappa shape index (κ1) is 22.6. The molecular formula is C21H24ClF2N5O3. The number of nitrogens with one attached hydrogen (secondary N) is 1. The summed E-state index contributed by atoms with van der Waals surface area (Å²) in [5.41, 5.74) is 1.34. The maximum Gasteiger partial charge on any atom is 0.328 e. The van der Waals surface area contributed by atoms with Crippen LogP contribution in [0.3, 0.4) is 0 Å². The van der Waals surface area contributed by atoms with Crippen LogP contribution in [0, 0.1) is 17.6 Å². The van der Waals surface area contributed by atoms with Crippen LogP contribution in [-0.4, -0.2) is 62.9 Å². The third kappa shape index (κ3) is 4.10. The topological polar surface area (TPSA) is 90.7 Å². The van der Waals surface area contributed by atoms with Gasteiger partial charge in [0.1, 0.15) is 11.6 Å². The van der Waals surface area contributed by atoms with E-state index < -0.39 is 29.7 Å². The van der Waals surface area contributed by atoms with Crippen LogP contribution in [0.25, 0.3) is 0 Å². The van der Waals surface area contributed by atoms with Gasteiger partial charge in [0.05, 0.1) is 33.8 Å². The number of amides is 3. The lowest BCUT2D eigenvalue weighted by Gasteiger charge is -2.26. The molecule has 1 aromatic heterocycles. The van der Waals surface area contributed by atoms with Crippen LogP contribution in [0.4, 0.5) is 19.3 Å². The molecule has 0 spiro atoms. The Hall–Kier alpha value is -2.56. The molecule has 2 aliphatic rings. The van der Waals surface area contributed by atoms with Gasteiger partial charge >= 0.3 is 6.03 Å². The van der Waals surface area contributed by atoms with Gasteiger partial charge in [0.15, 0.2) is 0 Å². The van der Waals surface area contributed by atoms with E-state index in [1.54, 1.807) is 4.68 Å². The zero-order valence-corrected chi connectivity index (χ0v) is 18.5. The minimum Gasteiger partial charge on any atom is -0.393 e. The summed E-state index contributed by atoms with van der Waals surface area (Å²) < 4.78 is 29.2. The van der Waals surface area contributed by atoms with Gasteiger partial charge in [0.25, 0.3) is 5.91 Å². The minimum absolute atomic E-state index is 0.0340. The van der Waals surface area contributed by atoms with Crippen LogP contribution in [-0.2, 0) is 19.5 Å². The highest BCUT2D eigenvalue weighted by atomic mass is 35.5. The van der Waals surface area contributed by atoms with E-state index in [0.29, 0.717) is 55.5 Å². The van der Waals surface area contributed by atoms with Crippen molar-refractivity contribution in [3.63, 3.8) is 0 Å². The summed E-state index contributed by atoms with van der Waals surface area (Å²) in [5.74, 6) is -2.50. The lowest BCUT2D eigenvalue weighted by molar-refractivity contribution is 0.0752. The number of carbonyl (C=O) groups excluding carboxylic acids is 2. The molecule has 4 rings (SSSR count). The highest BCUT2D eigenvalue weighted by Gasteiger charge is 2.37. The smallest absolute Gasteiger partial charge is 0.328 e. The lowest BCUT2D eigenvalue weighted by Crippen LogP contribution is -2.44. The van der Waals surface area contributed by atoms with Crippen molar-refractivity contribution in [2.75, 3.05) is 25.5 Å². The van der Waals surface area contributed by atoms with E-state index in [9.17, 15) is 23.5 Å². The SMILES string of the molecule is CCC(O)C1CN(C)Cc2c3c(nn2C1)CCN(C(=O)Nc1cc(Cl)c(F)cc1F)C3=O. The minimum atomic E-state index is -0.994. The number of fused-ring (bicyclic) bond motifs is 3. The first-order valence-electron chi connectivity index (χ1n) is 10.4. The normalized spacial score (nSPS) is 19.9.